The Labute approximate surface area is 101 Å². The second kappa shape index (κ2) is 5.27. The maximum atomic E-state index is 10.8. The van der Waals surface area contributed by atoms with E-state index in [-0.39, 0.29) is 28.3 Å². The number of nitro benzene ring substituents is 1. The fourth-order valence-corrected chi connectivity index (χ4v) is 1.73. The smallest absolute Gasteiger partial charge is 0.307 e. The number of benzene rings is 1. The minimum atomic E-state index is -1.14. The fourth-order valence-electron chi connectivity index (χ4n) is 1.42. The first-order valence-electron chi connectivity index (χ1n) is 4.47. The van der Waals surface area contributed by atoms with Crippen LogP contribution in [-0.2, 0) is 17.1 Å². The number of alkyl halides is 1. The van der Waals surface area contributed by atoms with E-state index in [1.165, 1.54) is 6.07 Å². The van der Waals surface area contributed by atoms with Crippen LogP contribution in [0.25, 0.3) is 0 Å². The van der Waals surface area contributed by atoms with Crippen molar-refractivity contribution in [2.45, 2.75) is 12.3 Å². The van der Waals surface area contributed by atoms with Crippen LogP contribution in [0.5, 0.6) is 0 Å². The molecule has 0 unspecified atom stereocenters. The molecule has 0 saturated heterocycles. The van der Waals surface area contributed by atoms with Gasteiger partial charge in [0.25, 0.3) is 5.69 Å². The zero-order valence-electron chi connectivity index (χ0n) is 8.51. The van der Waals surface area contributed by atoms with Gasteiger partial charge in [-0.15, -0.1) is 11.6 Å². The number of halogens is 1. The number of hydrogen-bond donors (Lipinski definition) is 1. The molecule has 1 N–H and O–H groups in total. The Morgan fingerprint density at radius 3 is 2.65 bits per heavy atom. The lowest BCUT2D eigenvalue weighted by atomic mass is 10.0. The number of rotatable bonds is 4. The molecule has 0 atom stereocenters. The van der Waals surface area contributed by atoms with Crippen molar-refractivity contribution in [2.24, 2.45) is 0 Å². The van der Waals surface area contributed by atoms with E-state index in [2.05, 4.69) is 0 Å². The van der Waals surface area contributed by atoms with Crippen molar-refractivity contribution in [3.63, 3.8) is 0 Å². The maximum Gasteiger partial charge on any atom is 0.307 e. The highest BCUT2D eigenvalue weighted by molar-refractivity contribution is 6.17. The summed E-state index contributed by atoms with van der Waals surface area (Å²) >= 11 is 5.58. The SMILES string of the molecule is N#Cc1cc(CC(=O)O)c(CCl)c([N+](=O)[O-])c1. The molecule has 17 heavy (non-hydrogen) atoms. The van der Waals surface area contributed by atoms with Gasteiger partial charge in [-0.05, 0) is 11.6 Å². The van der Waals surface area contributed by atoms with Crippen LogP contribution in [0.2, 0.25) is 0 Å². The zero-order valence-corrected chi connectivity index (χ0v) is 9.27. The normalized spacial score (nSPS) is 9.65. The number of hydrogen-bond acceptors (Lipinski definition) is 4. The van der Waals surface area contributed by atoms with Gasteiger partial charge in [-0.3, -0.25) is 14.9 Å². The van der Waals surface area contributed by atoms with E-state index >= 15 is 0 Å². The van der Waals surface area contributed by atoms with Gasteiger partial charge in [0.15, 0.2) is 0 Å². The molecule has 0 amide bonds. The Hall–Kier alpha value is -2.13. The van der Waals surface area contributed by atoms with Crippen molar-refractivity contribution in [1.29, 1.82) is 5.26 Å². The highest BCUT2D eigenvalue weighted by Gasteiger charge is 2.20. The van der Waals surface area contributed by atoms with Crippen LogP contribution in [0, 0.1) is 21.4 Å². The van der Waals surface area contributed by atoms with Gasteiger partial charge in [0.2, 0.25) is 0 Å². The Morgan fingerprint density at radius 2 is 2.24 bits per heavy atom. The lowest BCUT2D eigenvalue weighted by Gasteiger charge is -2.06. The highest BCUT2D eigenvalue weighted by Crippen LogP contribution is 2.26. The van der Waals surface area contributed by atoms with E-state index in [1.54, 1.807) is 6.07 Å². The lowest BCUT2D eigenvalue weighted by Crippen LogP contribution is -2.06. The first kappa shape index (κ1) is 12.9. The van der Waals surface area contributed by atoms with E-state index in [1.807, 2.05) is 0 Å². The molecule has 88 valence electrons. The third-order valence-electron chi connectivity index (χ3n) is 2.12. The average molecular weight is 255 g/mol. The van der Waals surface area contributed by atoms with Crippen LogP contribution < -0.4 is 0 Å². The van der Waals surface area contributed by atoms with E-state index in [4.69, 9.17) is 22.0 Å². The number of carboxylic acids is 1. The van der Waals surface area contributed by atoms with Crippen LogP contribution in [0.15, 0.2) is 12.1 Å². The fraction of sp³-hybridized carbons (Fsp3) is 0.200. The highest BCUT2D eigenvalue weighted by atomic mass is 35.5. The molecule has 0 aliphatic rings. The van der Waals surface area contributed by atoms with Crippen molar-refractivity contribution >= 4 is 23.3 Å². The minimum absolute atomic E-state index is 0.0433. The summed E-state index contributed by atoms with van der Waals surface area (Å²) in [6.45, 7) is 0. The molecule has 0 radical (unpaired) electrons. The number of nitrogens with zero attached hydrogens (tertiary/aromatic N) is 2. The van der Waals surface area contributed by atoms with Gasteiger partial charge in [0, 0.05) is 11.6 Å². The molecule has 0 aromatic heterocycles. The van der Waals surface area contributed by atoms with E-state index in [0.717, 1.165) is 6.07 Å². The second-order valence-corrected chi connectivity index (χ2v) is 3.47. The van der Waals surface area contributed by atoms with Gasteiger partial charge in [0.05, 0.1) is 28.9 Å². The predicted octanol–water partition coefficient (Wildman–Crippen LogP) is 1.83. The molecular formula is C10H7ClN2O4. The molecular weight excluding hydrogens is 248 g/mol. The number of nitriles is 1. The molecule has 0 fully saturated rings. The van der Waals surface area contributed by atoms with Crippen molar-refractivity contribution in [2.75, 3.05) is 0 Å². The quantitative estimate of drug-likeness (QED) is 0.501. The third-order valence-corrected chi connectivity index (χ3v) is 2.39. The van der Waals surface area contributed by atoms with Gasteiger partial charge in [-0.2, -0.15) is 5.26 Å². The summed E-state index contributed by atoms with van der Waals surface area (Å²) in [4.78, 5) is 20.7. The number of carbonyl (C=O) groups is 1. The number of nitro groups is 1. The minimum Gasteiger partial charge on any atom is -0.481 e. The summed E-state index contributed by atoms with van der Waals surface area (Å²) in [7, 11) is 0. The molecule has 0 aliphatic heterocycles. The topological polar surface area (TPSA) is 104 Å². The van der Waals surface area contributed by atoms with Gasteiger partial charge in [-0.25, -0.2) is 0 Å². The first-order valence-corrected chi connectivity index (χ1v) is 5.01. The predicted molar refractivity (Wildman–Crippen MR) is 58.7 cm³/mol. The molecule has 0 saturated carbocycles. The Kier molecular flexibility index (Phi) is 4.01. The van der Waals surface area contributed by atoms with Crippen molar-refractivity contribution in [3.05, 3.63) is 38.9 Å². The van der Waals surface area contributed by atoms with Gasteiger partial charge < -0.3 is 5.11 Å². The summed E-state index contributed by atoms with van der Waals surface area (Å²) in [6, 6.07) is 4.14. The average Bonchev–Trinajstić information content (AvgIpc) is 2.26. The van der Waals surface area contributed by atoms with Gasteiger partial charge in [0.1, 0.15) is 0 Å². The molecule has 6 nitrogen and oxygen atoms in total. The van der Waals surface area contributed by atoms with E-state index in [9.17, 15) is 14.9 Å². The second-order valence-electron chi connectivity index (χ2n) is 3.21. The third kappa shape index (κ3) is 2.92. The molecule has 0 spiro atoms. The van der Waals surface area contributed by atoms with Crippen LogP contribution >= 0.6 is 11.6 Å². The van der Waals surface area contributed by atoms with Crippen LogP contribution in [0.1, 0.15) is 16.7 Å². The van der Waals surface area contributed by atoms with Gasteiger partial charge in [-0.1, -0.05) is 0 Å². The maximum absolute atomic E-state index is 10.8. The monoisotopic (exact) mass is 254 g/mol. The molecule has 7 heteroatoms. The van der Waals surface area contributed by atoms with Crippen LogP contribution in [0.3, 0.4) is 0 Å². The van der Waals surface area contributed by atoms with Gasteiger partial charge >= 0.3 is 5.97 Å². The number of carboxylic acid groups (broad SMARTS) is 1. The summed E-state index contributed by atoms with van der Waals surface area (Å²) in [6.07, 6.45) is -0.404. The number of aliphatic carboxylic acids is 1. The summed E-state index contributed by atoms with van der Waals surface area (Å²) < 4.78 is 0. The van der Waals surface area contributed by atoms with Crippen LogP contribution in [-0.4, -0.2) is 16.0 Å². The molecule has 0 heterocycles. The van der Waals surface area contributed by atoms with E-state index < -0.39 is 17.3 Å². The van der Waals surface area contributed by atoms with E-state index in [0.29, 0.717) is 0 Å². The standard InChI is InChI=1S/C10H7ClN2O4/c11-4-8-7(3-10(14)15)1-6(5-12)2-9(8)13(16)17/h1-2H,3-4H2,(H,14,15). The summed E-state index contributed by atoms with van der Waals surface area (Å²) in [5.74, 6) is -1.31. The molecule has 1 aromatic carbocycles. The van der Waals surface area contributed by atoms with Crippen molar-refractivity contribution in [1.82, 2.24) is 0 Å². The zero-order chi connectivity index (χ0) is 13.0. The van der Waals surface area contributed by atoms with Crippen molar-refractivity contribution in [3.8, 4) is 6.07 Å². The lowest BCUT2D eigenvalue weighted by molar-refractivity contribution is -0.385. The van der Waals surface area contributed by atoms with Crippen molar-refractivity contribution < 1.29 is 14.8 Å². The molecule has 1 rings (SSSR count). The molecule has 1 aromatic rings. The Morgan fingerprint density at radius 1 is 1.59 bits per heavy atom. The first-order chi connectivity index (χ1) is 7.99. The largest absolute Gasteiger partial charge is 0.481 e. The van der Waals surface area contributed by atoms with Crippen LogP contribution in [0.4, 0.5) is 5.69 Å². The Balaban J connectivity index is 3.45. The Bertz CT molecular complexity index is 522. The molecule has 0 aliphatic carbocycles. The summed E-state index contributed by atoms with van der Waals surface area (Å²) in [5, 5.41) is 28.2. The molecule has 0 bridgehead atoms. The summed E-state index contributed by atoms with van der Waals surface area (Å²) in [5.41, 5.74) is 0.0495.